The van der Waals surface area contributed by atoms with Crippen molar-refractivity contribution in [2.24, 2.45) is 0 Å². The second kappa shape index (κ2) is 6.38. The van der Waals surface area contributed by atoms with E-state index in [1.165, 1.54) is 0 Å². The van der Waals surface area contributed by atoms with Crippen LogP contribution in [0.5, 0.6) is 0 Å². The van der Waals surface area contributed by atoms with Gasteiger partial charge in [-0.05, 0) is 24.6 Å². The number of nitrogens with one attached hydrogen (secondary N) is 1. The van der Waals surface area contributed by atoms with Gasteiger partial charge in [0.25, 0.3) is 11.5 Å². The van der Waals surface area contributed by atoms with Gasteiger partial charge in [-0.3, -0.25) is 14.3 Å². The third kappa shape index (κ3) is 2.78. The summed E-state index contributed by atoms with van der Waals surface area (Å²) in [6.07, 6.45) is -0.0165. The number of H-pyrrole nitrogens is 1. The molecule has 0 saturated heterocycles. The lowest BCUT2D eigenvalue weighted by Crippen LogP contribution is -2.39. The van der Waals surface area contributed by atoms with E-state index < -0.39 is 6.10 Å². The summed E-state index contributed by atoms with van der Waals surface area (Å²) in [7, 11) is 0. The van der Waals surface area contributed by atoms with Gasteiger partial charge in [0, 0.05) is 6.54 Å². The quantitative estimate of drug-likeness (QED) is 0.737. The summed E-state index contributed by atoms with van der Waals surface area (Å²) in [4.78, 5) is 33.5. The van der Waals surface area contributed by atoms with Crippen molar-refractivity contribution in [1.82, 2.24) is 24.6 Å². The number of aliphatic hydroxyl groups excluding tert-OH is 1. The molecule has 0 spiro atoms. The Kier molecular flexibility index (Phi) is 4.04. The molecule has 134 valence electrons. The Labute approximate surface area is 149 Å². The number of amides is 1. The molecule has 2 aromatic heterocycles. The van der Waals surface area contributed by atoms with E-state index in [2.05, 4.69) is 15.1 Å². The number of aromatic amines is 1. The van der Waals surface area contributed by atoms with E-state index in [1.807, 2.05) is 17.7 Å². The molecule has 1 aliphatic heterocycles. The Morgan fingerprint density at radius 2 is 2.15 bits per heavy atom. The summed E-state index contributed by atoms with van der Waals surface area (Å²) in [5.41, 5.74) is 1.65. The van der Waals surface area contributed by atoms with Crippen molar-refractivity contribution in [3.8, 4) is 0 Å². The molecule has 8 heteroatoms. The molecular weight excluding hydrogens is 334 g/mol. The van der Waals surface area contributed by atoms with Crippen LogP contribution in [0.4, 0.5) is 0 Å². The molecular formula is C18H19N5O3. The predicted octanol–water partition coefficient (Wildman–Crippen LogP) is 1.22. The standard InChI is InChI=1S/C18H19N5O3/c1-2-15(24)14-9-11-10-22(7-8-23(11)21-14)18(26)16-19-13-6-4-3-5-12(13)17(25)20-16/h3-6,9,15,24H,2,7-8,10H2,1H3,(H,19,20,25). The number of carbonyl (C=O) groups is 1. The van der Waals surface area contributed by atoms with E-state index in [0.29, 0.717) is 42.7 Å². The van der Waals surface area contributed by atoms with Gasteiger partial charge in [0.1, 0.15) is 0 Å². The van der Waals surface area contributed by atoms with E-state index in [1.54, 1.807) is 29.2 Å². The fourth-order valence-corrected chi connectivity index (χ4v) is 3.17. The highest BCUT2D eigenvalue weighted by Gasteiger charge is 2.26. The van der Waals surface area contributed by atoms with E-state index in [0.717, 1.165) is 5.69 Å². The lowest BCUT2D eigenvalue weighted by molar-refractivity contribution is 0.0693. The van der Waals surface area contributed by atoms with Gasteiger partial charge >= 0.3 is 0 Å². The Balaban J connectivity index is 1.62. The van der Waals surface area contributed by atoms with Crippen LogP contribution in [-0.2, 0) is 13.1 Å². The summed E-state index contributed by atoms with van der Waals surface area (Å²) in [5, 5.41) is 14.8. The zero-order valence-corrected chi connectivity index (χ0v) is 14.3. The zero-order chi connectivity index (χ0) is 18.3. The summed E-state index contributed by atoms with van der Waals surface area (Å²) in [6, 6.07) is 8.75. The summed E-state index contributed by atoms with van der Waals surface area (Å²) in [5.74, 6) is -0.284. The fourth-order valence-electron chi connectivity index (χ4n) is 3.17. The molecule has 0 fully saturated rings. The molecule has 1 aromatic carbocycles. The smallest absolute Gasteiger partial charge is 0.290 e. The maximum atomic E-state index is 12.8. The van der Waals surface area contributed by atoms with Crippen molar-refractivity contribution < 1.29 is 9.90 Å². The van der Waals surface area contributed by atoms with Crippen molar-refractivity contribution in [2.45, 2.75) is 32.5 Å². The van der Waals surface area contributed by atoms with Gasteiger partial charge in [0.05, 0.1) is 41.5 Å². The summed E-state index contributed by atoms with van der Waals surface area (Å²) in [6.45, 7) is 3.25. The maximum Gasteiger partial charge on any atom is 0.290 e. The van der Waals surface area contributed by atoms with E-state index in [-0.39, 0.29) is 17.3 Å². The molecule has 8 nitrogen and oxygen atoms in total. The highest BCUT2D eigenvalue weighted by Crippen LogP contribution is 2.20. The molecule has 0 bridgehead atoms. The second-order valence-corrected chi connectivity index (χ2v) is 6.37. The van der Waals surface area contributed by atoms with Crippen LogP contribution in [0.2, 0.25) is 0 Å². The minimum absolute atomic E-state index is 0.0375. The van der Waals surface area contributed by atoms with Crippen LogP contribution >= 0.6 is 0 Å². The van der Waals surface area contributed by atoms with Crippen molar-refractivity contribution in [3.05, 3.63) is 57.9 Å². The van der Waals surface area contributed by atoms with Crippen LogP contribution in [-0.4, -0.2) is 42.2 Å². The molecule has 26 heavy (non-hydrogen) atoms. The molecule has 1 aliphatic rings. The lowest BCUT2D eigenvalue weighted by atomic mass is 10.2. The number of aromatic nitrogens is 4. The Hall–Kier alpha value is -3.00. The van der Waals surface area contributed by atoms with Gasteiger partial charge in [-0.2, -0.15) is 5.10 Å². The number of aliphatic hydroxyl groups is 1. The molecule has 3 heterocycles. The number of rotatable bonds is 3. The van der Waals surface area contributed by atoms with Gasteiger partial charge in [-0.15, -0.1) is 0 Å². The second-order valence-electron chi connectivity index (χ2n) is 6.37. The topological polar surface area (TPSA) is 104 Å². The van der Waals surface area contributed by atoms with Gasteiger partial charge in [-0.1, -0.05) is 19.1 Å². The summed E-state index contributed by atoms with van der Waals surface area (Å²) < 4.78 is 1.81. The monoisotopic (exact) mass is 353 g/mol. The van der Waals surface area contributed by atoms with Gasteiger partial charge in [-0.25, -0.2) is 4.98 Å². The number of hydrogen-bond acceptors (Lipinski definition) is 5. The Bertz CT molecular complexity index is 1040. The molecule has 2 N–H and O–H groups in total. The van der Waals surface area contributed by atoms with E-state index >= 15 is 0 Å². The number of benzene rings is 1. The minimum Gasteiger partial charge on any atom is -0.387 e. The first-order valence-corrected chi connectivity index (χ1v) is 8.60. The molecule has 1 amide bonds. The number of fused-ring (bicyclic) bond motifs is 2. The lowest BCUT2D eigenvalue weighted by Gasteiger charge is -2.27. The molecule has 1 atom stereocenters. The highest BCUT2D eigenvalue weighted by atomic mass is 16.3. The van der Waals surface area contributed by atoms with Gasteiger partial charge < -0.3 is 15.0 Å². The van der Waals surface area contributed by atoms with Crippen LogP contribution in [0.1, 0.15) is 41.5 Å². The van der Waals surface area contributed by atoms with E-state index in [4.69, 9.17) is 0 Å². The van der Waals surface area contributed by atoms with Crippen molar-refractivity contribution in [3.63, 3.8) is 0 Å². The largest absolute Gasteiger partial charge is 0.387 e. The van der Waals surface area contributed by atoms with Crippen molar-refractivity contribution in [2.75, 3.05) is 6.54 Å². The van der Waals surface area contributed by atoms with Crippen LogP contribution in [0.15, 0.2) is 35.1 Å². The highest BCUT2D eigenvalue weighted by molar-refractivity contribution is 5.92. The SMILES string of the molecule is CCC(O)c1cc2n(n1)CCN(C(=O)c1nc3ccccc3c(=O)[nH]1)C2. The number of para-hydroxylation sites is 1. The molecule has 3 aromatic rings. The first-order chi connectivity index (χ1) is 12.6. The predicted molar refractivity (Wildman–Crippen MR) is 94.6 cm³/mol. The Morgan fingerprint density at radius 1 is 1.35 bits per heavy atom. The summed E-state index contributed by atoms with van der Waals surface area (Å²) >= 11 is 0. The molecule has 0 saturated carbocycles. The van der Waals surface area contributed by atoms with Crippen LogP contribution < -0.4 is 5.56 Å². The number of hydrogen-bond donors (Lipinski definition) is 2. The molecule has 1 unspecified atom stereocenters. The average Bonchev–Trinajstić information content (AvgIpc) is 3.10. The van der Waals surface area contributed by atoms with Gasteiger partial charge in [0.2, 0.25) is 0 Å². The third-order valence-corrected chi connectivity index (χ3v) is 4.65. The van der Waals surface area contributed by atoms with Crippen LogP contribution in [0, 0.1) is 0 Å². The number of nitrogens with zero attached hydrogens (tertiary/aromatic N) is 4. The first-order valence-electron chi connectivity index (χ1n) is 8.60. The fraction of sp³-hybridized carbons (Fsp3) is 0.333. The Morgan fingerprint density at radius 3 is 2.96 bits per heavy atom. The average molecular weight is 353 g/mol. The van der Waals surface area contributed by atoms with Crippen LogP contribution in [0.25, 0.3) is 10.9 Å². The first kappa shape index (κ1) is 16.5. The van der Waals surface area contributed by atoms with Crippen molar-refractivity contribution >= 4 is 16.8 Å². The van der Waals surface area contributed by atoms with Crippen molar-refractivity contribution in [1.29, 1.82) is 0 Å². The minimum atomic E-state index is -0.601. The molecule has 4 rings (SSSR count). The maximum absolute atomic E-state index is 12.8. The zero-order valence-electron chi connectivity index (χ0n) is 14.3. The normalized spacial score (nSPS) is 15.1. The van der Waals surface area contributed by atoms with Gasteiger partial charge in [0.15, 0.2) is 5.82 Å². The molecule has 0 radical (unpaired) electrons. The van der Waals surface area contributed by atoms with Crippen LogP contribution in [0.3, 0.4) is 0 Å². The number of carbonyl (C=O) groups excluding carboxylic acids is 1. The molecule has 0 aliphatic carbocycles. The van der Waals surface area contributed by atoms with E-state index in [9.17, 15) is 14.7 Å². The third-order valence-electron chi connectivity index (χ3n) is 4.65.